The van der Waals surface area contributed by atoms with Crippen LogP contribution in [0.3, 0.4) is 0 Å². The number of fused-ring (bicyclic) bond motifs is 3. The van der Waals surface area contributed by atoms with Gasteiger partial charge in [-0.2, -0.15) is 0 Å². The highest BCUT2D eigenvalue weighted by atomic mass is 19.1. The molecule has 5 rings (SSSR count). The summed E-state index contributed by atoms with van der Waals surface area (Å²) in [6.45, 7) is 13.9. The molecular weight excluding hydrogens is 632 g/mol. The Bertz CT molecular complexity index is 1450. The van der Waals surface area contributed by atoms with E-state index in [1.54, 1.807) is 0 Å². The number of carbonyl (C=O) groups excluding carboxylic acids is 4. The number of alkyl halides is 1. The van der Waals surface area contributed by atoms with Crippen molar-refractivity contribution in [2.75, 3.05) is 13.2 Å². The molecule has 0 heterocycles. The molecule has 48 heavy (non-hydrogen) atoms. The van der Waals surface area contributed by atoms with Gasteiger partial charge in [-0.3, -0.25) is 0 Å². The first-order valence-corrected chi connectivity index (χ1v) is 16.1. The number of hydrogen-bond donors (Lipinski definition) is 1. The van der Waals surface area contributed by atoms with Gasteiger partial charge in [-0.25, -0.2) is 28.0 Å². The summed E-state index contributed by atoms with van der Waals surface area (Å²) < 4.78 is 62.7. The van der Waals surface area contributed by atoms with Gasteiger partial charge >= 0.3 is 24.2 Å². The summed E-state index contributed by atoms with van der Waals surface area (Å²) in [6.07, 6.45) is -0.441. The molecule has 13 heteroatoms. The summed E-state index contributed by atoms with van der Waals surface area (Å²) in [7, 11) is 0. The van der Waals surface area contributed by atoms with Crippen molar-refractivity contribution in [3.63, 3.8) is 0 Å². The Hall–Kier alpha value is -4.00. The quantitative estimate of drug-likeness (QED) is 0.120. The number of hydrogen-bond acceptors (Lipinski definition) is 10. The van der Waals surface area contributed by atoms with Crippen LogP contribution in [0.2, 0.25) is 0 Å². The molecule has 0 saturated heterocycles. The second kappa shape index (κ2) is 13.1. The normalized spacial score (nSPS) is 34.2. The lowest BCUT2D eigenvalue weighted by Crippen LogP contribution is -2.65. The van der Waals surface area contributed by atoms with Crippen LogP contribution in [0, 0.1) is 34.4 Å². The molecule has 0 aliphatic heterocycles. The van der Waals surface area contributed by atoms with Gasteiger partial charge < -0.3 is 33.7 Å². The van der Waals surface area contributed by atoms with Gasteiger partial charge in [0.15, 0.2) is 5.54 Å². The van der Waals surface area contributed by atoms with E-state index in [9.17, 15) is 23.6 Å². The van der Waals surface area contributed by atoms with Gasteiger partial charge in [-0.05, 0) is 54.7 Å². The molecule has 11 nitrogen and oxygen atoms in total. The summed E-state index contributed by atoms with van der Waals surface area (Å²) in [5.41, 5.74) is -4.81. The Morgan fingerprint density at radius 1 is 0.979 bits per heavy atom. The number of rotatable bonds is 13. The third-order valence-corrected chi connectivity index (χ3v) is 11.2. The zero-order chi connectivity index (χ0) is 35.1. The van der Waals surface area contributed by atoms with E-state index in [1.165, 1.54) is 43.3 Å². The fourth-order valence-corrected chi connectivity index (χ4v) is 8.17. The number of benzene rings is 1. The molecule has 4 aliphatic rings. The van der Waals surface area contributed by atoms with Gasteiger partial charge in [-0.1, -0.05) is 58.2 Å². The SMILES string of the molecule is C=CCOC(=O)N[C@@]1(C(=O)OC(C)OC(=O)O[C@@H]2C[C@@H]3CC[C@@]2(C)C3(C)C)[C@H](OCc2ccc(F)cc2)C[C@@H]2[C@H]1[C@@]2(F)C(=O)OCC=C. The molecule has 1 amide bonds. The van der Waals surface area contributed by atoms with Crippen LogP contribution in [0.15, 0.2) is 49.6 Å². The average Bonchev–Trinajstić information content (AvgIpc) is 3.27. The standard InChI is InChI=1S/C35H43F2NO10/c1-7-15-43-28(39)34(37)24-18-26(45-19-21-9-11-23(36)12-10-21)35(27(24)34,38-30(41)44-16-8-2)29(40)46-20(3)47-31(42)48-25-17-22-13-14-33(25,6)32(22,4)5/h7-12,20,22,24-27H,1-2,13-19H2,3-6H3,(H,38,41)/t20?,22-,24+,25+,26+,27-,33+,34+,35-/m0/s1. The summed E-state index contributed by atoms with van der Waals surface area (Å²) in [5, 5.41) is 2.42. The fraction of sp³-hybridized carbons (Fsp3) is 0.600. The van der Waals surface area contributed by atoms with Gasteiger partial charge in [0.1, 0.15) is 25.1 Å². The molecule has 4 fully saturated rings. The van der Waals surface area contributed by atoms with Gasteiger partial charge in [0.05, 0.1) is 12.7 Å². The van der Waals surface area contributed by atoms with Crippen LogP contribution in [-0.4, -0.2) is 67.1 Å². The predicted molar refractivity (Wildman–Crippen MR) is 165 cm³/mol. The summed E-state index contributed by atoms with van der Waals surface area (Å²) >= 11 is 0. The van der Waals surface area contributed by atoms with Crippen molar-refractivity contribution in [1.29, 1.82) is 0 Å². The number of ether oxygens (including phenoxy) is 6. The van der Waals surface area contributed by atoms with Gasteiger partial charge in [0, 0.05) is 24.2 Å². The minimum Gasteiger partial charge on any atom is -0.459 e. The van der Waals surface area contributed by atoms with Crippen LogP contribution >= 0.6 is 0 Å². The molecule has 0 spiro atoms. The van der Waals surface area contributed by atoms with Crippen LogP contribution in [0.25, 0.3) is 0 Å². The van der Waals surface area contributed by atoms with Crippen molar-refractivity contribution in [2.45, 2.75) is 89.7 Å². The predicted octanol–water partition coefficient (Wildman–Crippen LogP) is 5.71. The van der Waals surface area contributed by atoms with E-state index in [0.717, 1.165) is 12.8 Å². The summed E-state index contributed by atoms with van der Waals surface area (Å²) in [6, 6.07) is 5.36. The molecule has 1 aromatic rings. The van der Waals surface area contributed by atoms with Crippen molar-refractivity contribution in [3.8, 4) is 0 Å². The van der Waals surface area contributed by atoms with E-state index >= 15 is 4.39 Å². The smallest absolute Gasteiger partial charge is 0.459 e. The van der Waals surface area contributed by atoms with Crippen molar-refractivity contribution in [2.24, 2.45) is 28.6 Å². The molecule has 9 atom stereocenters. The lowest BCUT2D eigenvalue weighted by atomic mass is 9.70. The lowest BCUT2D eigenvalue weighted by Gasteiger charge is -2.38. The van der Waals surface area contributed by atoms with Crippen LogP contribution in [0.4, 0.5) is 18.4 Å². The minimum absolute atomic E-state index is 0.0355. The fourth-order valence-electron chi connectivity index (χ4n) is 8.17. The molecule has 1 aromatic carbocycles. The number of esters is 2. The highest BCUT2D eigenvalue weighted by Crippen LogP contribution is 2.69. The molecular formula is C35H43F2NO10. The number of carbonyl (C=O) groups is 4. The molecule has 0 radical (unpaired) electrons. The lowest BCUT2D eigenvalue weighted by molar-refractivity contribution is -0.186. The zero-order valence-electron chi connectivity index (χ0n) is 27.6. The molecule has 4 aliphatic carbocycles. The van der Waals surface area contributed by atoms with E-state index in [4.69, 9.17) is 28.4 Å². The van der Waals surface area contributed by atoms with E-state index in [0.29, 0.717) is 17.9 Å². The first-order valence-electron chi connectivity index (χ1n) is 16.1. The molecule has 262 valence electrons. The van der Waals surface area contributed by atoms with E-state index in [2.05, 4.69) is 39.2 Å². The van der Waals surface area contributed by atoms with E-state index in [-0.39, 0.29) is 37.1 Å². The highest BCUT2D eigenvalue weighted by Gasteiger charge is 2.87. The maximum atomic E-state index is 16.5. The third kappa shape index (κ3) is 5.94. The molecule has 1 unspecified atom stereocenters. The van der Waals surface area contributed by atoms with E-state index in [1.807, 2.05) is 0 Å². The van der Waals surface area contributed by atoms with Gasteiger partial charge in [0.25, 0.3) is 0 Å². The van der Waals surface area contributed by atoms with Crippen molar-refractivity contribution >= 4 is 24.2 Å². The largest absolute Gasteiger partial charge is 0.511 e. The first kappa shape index (κ1) is 35.3. The van der Waals surface area contributed by atoms with E-state index < -0.39 is 71.5 Å². The van der Waals surface area contributed by atoms with Crippen molar-refractivity contribution < 1.29 is 56.4 Å². The Morgan fingerprint density at radius 3 is 2.25 bits per heavy atom. The van der Waals surface area contributed by atoms with Gasteiger partial charge in [0.2, 0.25) is 12.0 Å². The number of alkyl carbamates (subject to hydrolysis) is 1. The van der Waals surface area contributed by atoms with Crippen LogP contribution in [0.5, 0.6) is 0 Å². The summed E-state index contributed by atoms with van der Waals surface area (Å²) in [4.78, 5) is 53.0. The van der Waals surface area contributed by atoms with Crippen molar-refractivity contribution in [1.82, 2.24) is 5.32 Å². The maximum absolute atomic E-state index is 16.5. The topological polar surface area (TPSA) is 136 Å². The molecule has 1 N–H and O–H groups in total. The molecule has 2 bridgehead atoms. The summed E-state index contributed by atoms with van der Waals surface area (Å²) in [5.74, 6) is -5.19. The monoisotopic (exact) mass is 675 g/mol. The Balaban J connectivity index is 1.38. The highest BCUT2D eigenvalue weighted by molar-refractivity contribution is 5.94. The molecule has 0 aromatic heterocycles. The van der Waals surface area contributed by atoms with Crippen molar-refractivity contribution in [3.05, 3.63) is 61.0 Å². The number of nitrogens with one attached hydrogen (secondary N) is 1. The van der Waals surface area contributed by atoms with Crippen LogP contribution in [-0.2, 0) is 44.6 Å². The second-order valence-corrected chi connectivity index (χ2v) is 13.8. The second-order valence-electron chi connectivity index (χ2n) is 13.8. The zero-order valence-corrected chi connectivity index (χ0v) is 27.6. The van der Waals surface area contributed by atoms with Crippen LogP contribution in [0.1, 0.15) is 58.9 Å². The first-order chi connectivity index (χ1) is 22.6. The third-order valence-electron chi connectivity index (χ3n) is 11.2. The van der Waals surface area contributed by atoms with Crippen LogP contribution < -0.4 is 5.32 Å². The average molecular weight is 676 g/mol. The minimum atomic E-state index is -2.70. The Kier molecular flexibility index (Phi) is 9.66. The Labute approximate surface area is 278 Å². The van der Waals surface area contributed by atoms with Gasteiger partial charge in [-0.15, -0.1) is 0 Å². The maximum Gasteiger partial charge on any atom is 0.511 e. The Morgan fingerprint density at radius 2 is 1.65 bits per heavy atom. The molecule has 4 saturated carbocycles. The number of halogens is 2. The number of amides is 1.